The molecule has 1 saturated heterocycles. The van der Waals surface area contributed by atoms with Crippen molar-refractivity contribution >= 4 is 17.7 Å². The molecule has 0 saturated carbocycles. The summed E-state index contributed by atoms with van der Waals surface area (Å²) in [6.45, 7) is 3.84. The Labute approximate surface area is 118 Å². The largest absolute Gasteiger partial charge is 0.343 e. The highest BCUT2D eigenvalue weighted by Crippen LogP contribution is 2.29. The Morgan fingerprint density at radius 2 is 2.00 bits per heavy atom. The highest BCUT2D eigenvalue weighted by Gasteiger charge is 2.39. The van der Waals surface area contributed by atoms with E-state index in [4.69, 9.17) is 0 Å². The highest BCUT2D eigenvalue weighted by atomic mass is 16.2. The van der Waals surface area contributed by atoms with E-state index in [9.17, 15) is 19.6 Å². The first-order chi connectivity index (χ1) is 9.49. The summed E-state index contributed by atoms with van der Waals surface area (Å²) in [7, 11) is 0. The molecule has 2 N–H and O–H groups in total. The minimum atomic E-state index is -1.08. The third-order valence-corrected chi connectivity index (χ3v) is 3.55. The number of rotatable bonds is 6. The molecule has 20 heavy (non-hydrogen) atoms. The molecule has 3 amide bonds. The molecule has 0 spiro atoms. The van der Waals surface area contributed by atoms with Crippen molar-refractivity contribution in [2.45, 2.75) is 58.4 Å². The molecule has 0 aromatic carbocycles. The van der Waals surface area contributed by atoms with Crippen LogP contribution in [0.1, 0.15) is 52.4 Å². The molecule has 1 unspecified atom stereocenters. The number of hydrogen-bond donors (Lipinski definition) is 2. The number of imide groups is 1. The van der Waals surface area contributed by atoms with Gasteiger partial charge >= 0.3 is 0 Å². The van der Waals surface area contributed by atoms with E-state index in [1.165, 1.54) is 0 Å². The quantitative estimate of drug-likeness (QED) is 0.709. The van der Waals surface area contributed by atoms with E-state index < -0.39 is 23.3 Å². The molecule has 0 bridgehead atoms. The number of hydrogen-bond acceptors (Lipinski definition) is 4. The lowest BCUT2D eigenvalue weighted by molar-refractivity contribution is -0.139. The Morgan fingerprint density at radius 3 is 2.45 bits per heavy atom. The molecule has 0 aromatic heterocycles. The van der Waals surface area contributed by atoms with Crippen LogP contribution in [0.15, 0.2) is 0 Å². The predicted molar refractivity (Wildman–Crippen MR) is 72.2 cm³/mol. The van der Waals surface area contributed by atoms with Crippen molar-refractivity contribution in [1.82, 2.24) is 10.6 Å². The van der Waals surface area contributed by atoms with Crippen LogP contribution in [0.25, 0.3) is 0 Å². The zero-order valence-corrected chi connectivity index (χ0v) is 12.0. The third-order valence-electron chi connectivity index (χ3n) is 3.55. The van der Waals surface area contributed by atoms with E-state index in [1.54, 1.807) is 0 Å². The SMILES string of the molecule is CCCC(C#N)(CCC)C(=O)NC1CCC(=O)NC1=O. The molecule has 1 fully saturated rings. The molecule has 1 aliphatic heterocycles. The lowest BCUT2D eigenvalue weighted by Gasteiger charge is -2.28. The number of nitrogens with one attached hydrogen (secondary N) is 2. The summed E-state index contributed by atoms with van der Waals surface area (Å²) < 4.78 is 0. The second-order valence-corrected chi connectivity index (χ2v) is 5.17. The summed E-state index contributed by atoms with van der Waals surface area (Å²) in [4.78, 5) is 35.1. The molecule has 0 radical (unpaired) electrons. The molecular weight excluding hydrogens is 258 g/mol. The van der Waals surface area contributed by atoms with Gasteiger partial charge in [-0.25, -0.2) is 0 Å². The van der Waals surface area contributed by atoms with Gasteiger partial charge in [-0.05, 0) is 19.3 Å². The van der Waals surface area contributed by atoms with Gasteiger partial charge in [0.1, 0.15) is 11.5 Å². The molecule has 1 aliphatic rings. The lowest BCUT2D eigenvalue weighted by Crippen LogP contribution is -2.55. The van der Waals surface area contributed by atoms with Crippen LogP contribution in [0.3, 0.4) is 0 Å². The van der Waals surface area contributed by atoms with Crippen molar-refractivity contribution < 1.29 is 14.4 Å². The number of nitrogens with zero attached hydrogens (tertiary/aromatic N) is 1. The first-order valence-corrected chi connectivity index (χ1v) is 7.05. The second kappa shape index (κ2) is 7.04. The number of carbonyl (C=O) groups is 3. The molecule has 6 nitrogen and oxygen atoms in total. The Kier molecular flexibility index (Phi) is 5.68. The minimum absolute atomic E-state index is 0.206. The molecule has 0 aliphatic carbocycles. The van der Waals surface area contributed by atoms with E-state index in [1.807, 2.05) is 13.8 Å². The van der Waals surface area contributed by atoms with E-state index in [-0.39, 0.29) is 18.7 Å². The fourth-order valence-electron chi connectivity index (χ4n) is 2.50. The van der Waals surface area contributed by atoms with Crippen LogP contribution < -0.4 is 10.6 Å². The van der Waals surface area contributed by atoms with Gasteiger partial charge in [0.15, 0.2) is 0 Å². The maximum Gasteiger partial charge on any atom is 0.249 e. The second-order valence-electron chi connectivity index (χ2n) is 5.17. The summed E-state index contributed by atoms with van der Waals surface area (Å²) in [5.74, 6) is -1.22. The van der Waals surface area contributed by atoms with E-state index in [0.717, 1.165) is 12.8 Å². The van der Waals surface area contributed by atoms with Crippen molar-refractivity contribution in [3.8, 4) is 6.07 Å². The van der Waals surface area contributed by atoms with Gasteiger partial charge in [-0.3, -0.25) is 19.7 Å². The summed E-state index contributed by atoms with van der Waals surface area (Å²) in [6, 6.07) is 1.40. The topological polar surface area (TPSA) is 99.1 Å². The molecular formula is C14H21N3O3. The average Bonchev–Trinajstić information content (AvgIpc) is 2.41. The van der Waals surface area contributed by atoms with Gasteiger partial charge in [0.2, 0.25) is 17.7 Å². The first kappa shape index (κ1) is 16.2. The Hall–Kier alpha value is -1.90. The zero-order valence-electron chi connectivity index (χ0n) is 12.0. The number of nitriles is 1. The molecule has 1 atom stereocenters. The zero-order chi connectivity index (χ0) is 15.2. The summed E-state index contributed by atoms with van der Waals surface area (Å²) in [6.07, 6.45) is 2.87. The Bertz CT molecular complexity index is 433. The fourth-order valence-corrected chi connectivity index (χ4v) is 2.50. The molecule has 1 heterocycles. The van der Waals surface area contributed by atoms with Gasteiger partial charge in [0.05, 0.1) is 6.07 Å². The summed E-state index contributed by atoms with van der Waals surface area (Å²) >= 11 is 0. The van der Waals surface area contributed by atoms with Crippen LogP contribution in [-0.4, -0.2) is 23.8 Å². The van der Waals surface area contributed by atoms with Gasteiger partial charge in [-0.2, -0.15) is 5.26 Å². The highest BCUT2D eigenvalue weighted by molar-refractivity contribution is 6.02. The van der Waals surface area contributed by atoms with Crippen LogP contribution in [0.4, 0.5) is 0 Å². The summed E-state index contributed by atoms with van der Waals surface area (Å²) in [5, 5.41) is 14.2. The smallest absolute Gasteiger partial charge is 0.249 e. The lowest BCUT2D eigenvalue weighted by atomic mass is 9.79. The van der Waals surface area contributed by atoms with Gasteiger partial charge < -0.3 is 5.32 Å². The van der Waals surface area contributed by atoms with Crippen LogP contribution in [0.5, 0.6) is 0 Å². The molecule has 1 rings (SSSR count). The minimum Gasteiger partial charge on any atom is -0.343 e. The Morgan fingerprint density at radius 1 is 1.40 bits per heavy atom. The van der Waals surface area contributed by atoms with Crippen molar-refractivity contribution in [3.05, 3.63) is 0 Å². The van der Waals surface area contributed by atoms with Crippen molar-refractivity contribution in [3.63, 3.8) is 0 Å². The molecule has 0 aromatic rings. The van der Waals surface area contributed by atoms with Gasteiger partial charge in [-0.15, -0.1) is 0 Å². The van der Waals surface area contributed by atoms with E-state index >= 15 is 0 Å². The molecule has 110 valence electrons. The Balaban J connectivity index is 2.78. The van der Waals surface area contributed by atoms with E-state index in [2.05, 4.69) is 16.7 Å². The first-order valence-electron chi connectivity index (χ1n) is 7.05. The predicted octanol–water partition coefficient (Wildman–Crippen LogP) is 1.02. The normalized spacial score (nSPS) is 19.1. The van der Waals surface area contributed by atoms with Crippen LogP contribution >= 0.6 is 0 Å². The van der Waals surface area contributed by atoms with E-state index in [0.29, 0.717) is 12.8 Å². The van der Waals surface area contributed by atoms with Gasteiger partial charge in [0.25, 0.3) is 0 Å². The third kappa shape index (κ3) is 3.56. The fraction of sp³-hybridized carbons (Fsp3) is 0.714. The van der Waals surface area contributed by atoms with Crippen LogP contribution in [0, 0.1) is 16.7 Å². The molecule has 6 heteroatoms. The number of piperidine rings is 1. The summed E-state index contributed by atoms with van der Waals surface area (Å²) in [5.41, 5.74) is -1.08. The van der Waals surface area contributed by atoms with Gasteiger partial charge in [0, 0.05) is 6.42 Å². The monoisotopic (exact) mass is 279 g/mol. The van der Waals surface area contributed by atoms with Crippen molar-refractivity contribution in [2.24, 2.45) is 5.41 Å². The van der Waals surface area contributed by atoms with Crippen LogP contribution in [-0.2, 0) is 14.4 Å². The maximum absolute atomic E-state index is 12.4. The van der Waals surface area contributed by atoms with Gasteiger partial charge in [-0.1, -0.05) is 26.7 Å². The standard InChI is InChI=1S/C14H21N3O3/c1-3-7-14(9-15,8-4-2)13(20)16-10-5-6-11(18)17-12(10)19/h10H,3-8H2,1-2H3,(H,16,20)(H,17,18,19). The average molecular weight is 279 g/mol. The maximum atomic E-state index is 12.4. The number of carbonyl (C=O) groups excluding carboxylic acids is 3. The number of amides is 3. The van der Waals surface area contributed by atoms with Crippen molar-refractivity contribution in [1.29, 1.82) is 5.26 Å². The van der Waals surface area contributed by atoms with Crippen LogP contribution in [0.2, 0.25) is 0 Å². The van der Waals surface area contributed by atoms with Crippen molar-refractivity contribution in [2.75, 3.05) is 0 Å².